The number of benzene rings is 3. The second-order valence-electron chi connectivity index (χ2n) is 7.32. The SMILES string of the molecule is CN1C(=O)c2ccccc2N(C(=O)c2ccccc2N=[N+]=[N-])C(=O)[C@@H]1Cc1ccccc1. The normalized spacial score (nSPS) is 15.6. The van der Waals surface area contributed by atoms with Crippen LogP contribution in [0.2, 0.25) is 0 Å². The van der Waals surface area contributed by atoms with E-state index in [2.05, 4.69) is 10.0 Å². The highest BCUT2D eigenvalue weighted by atomic mass is 16.2. The summed E-state index contributed by atoms with van der Waals surface area (Å²) in [5.74, 6) is -1.55. The van der Waals surface area contributed by atoms with Crippen LogP contribution in [0.25, 0.3) is 10.4 Å². The summed E-state index contributed by atoms with van der Waals surface area (Å²) in [7, 11) is 1.56. The summed E-state index contributed by atoms with van der Waals surface area (Å²) in [4.78, 5) is 45.8. The van der Waals surface area contributed by atoms with Gasteiger partial charge in [0.15, 0.2) is 0 Å². The van der Waals surface area contributed by atoms with Gasteiger partial charge >= 0.3 is 0 Å². The quantitative estimate of drug-likeness (QED) is 0.266. The van der Waals surface area contributed by atoms with Gasteiger partial charge in [0, 0.05) is 23.9 Å². The first-order valence-corrected chi connectivity index (χ1v) is 9.95. The van der Waals surface area contributed by atoms with Crippen molar-refractivity contribution in [3.8, 4) is 0 Å². The smallest absolute Gasteiger partial charge is 0.265 e. The van der Waals surface area contributed by atoms with E-state index < -0.39 is 17.9 Å². The minimum atomic E-state index is -0.895. The van der Waals surface area contributed by atoms with Crippen LogP contribution in [0, 0.1) is 0 Å². The first-order chi connectivity index (χ1) is 15.5. The molecular weight excluding hydrogens is 406 g/mol. The van der Waals surface area contributed by atoms with E-state index in [1.54, 1.807) is 43.4 Å². The van der Waals surface area contributed by atoms with E-state index in [0.717, 1.165) is 10.5 Å². The van der Waals surface area contributed by atoms with Crippen molar-refractivity contribution in [3.63, 3.8) is 0 Å². The number of rotatable bonds is 4. The monoisotopic (exact) mass is 425 g/mol. The fourth-order valence-corrected chi connectivity index (χ4v) is 3.80. The Labute approximate surface area is 184 Å². The number of hydrogen-bond donors (Lipinski definition) is 0. The average Bonchev–Trinajstić information content (AvgIpc) is 2.89. The lowest BCUT2D eigenvalue weighted by molar-refractivity contribution is -0.121. The minimum absolute atomic E-state index is 0.0731. The first-order valence-electron chi connectivity index (χ1n) is 9.95. The van der Waals surface area contributed by atoms with Crippen molar-refractivity contribution < 1.29 is 14.4 Å². The van der Waals surface area contributed by atoms with Gasteiger partial charge in [-0.15, -0.1) is 0 Å². The highest BCUT2D eigenvalue weighted by molar-refractivity contribution is 6.27. The van der Waals surface area contributed by atoms with Crippen molar-refractivity contribution in [2.75, 3.05) is 11.9 Å². The Bertz CT molecular complexity index is 1250. The van der Waals surface area contributed by atoms with Gasteiger partial charge in [0.2, 0.25) is 0 Å². The highest BCUT2D eigenvalue weighted by Crippen LogP contribution is 2.31. The molecular formula is C24H19N5O3. The van der Waals surface area contributed by atoms with Crippen molar-refractivity contribution in [2.45, 2.75) is 12.5 Å². The number of carbonyl (C=O) groups is 3. The van der Waals surface area contributed by atoms with Gasteiger partial charge < -0.3 is 4.90 Å². The summed E-state index contributed by atoms with van der Waals surface area (Å²) in [6, 6.07) is 21.2. The molecule has 3 aromatic carbocycles. The summed E-state index contributed by atoms with van der Waals surface area (Å²) < 4.78 is 0. The van der Waals surface area contributed by atoms with E-state index >= 15 is 0 Å². The van der Waals surface area contributed by atoms with E-state index in [-0.39, 0.29) is 34.8 Å². The summed E-state index contributed by atoms with van der Waals surface area (Å²) >= 11 is 0. The zero-order chi connectivity index (χ0) is 22.7. The summed E-state index contributed by atoms with van der Waals surface area (Å²) in [5.41, 5.74) is 10.4. The van der Waals surface area contributed by atoms with Crippen LogP contribution in [-0.4, -0.2) is 35.7 Å². The van der Waals surface area contributed by atoms with Crippen molar-refractivity contribution in [2.24, 2.45) is 5.11 Å². The number of hydrogen-bond acceptors (Lipinski definition) is 4. The molecule has 0 saturated heterocycles. The molecule has 158 valence electrons. The lowest BCUT2D eigenvalue weighted by atomic mass is 10.0. The topological polar surface area (TPSA) is 106 Å². The van der Waals surface area contributed by atoms with Crippen molar-refractivity contribution >= 4 is 29.1 Å². The molecule has 0 saturated carbocycles. The van der Waals surface area contributed by atoms with E-state index in [1.807, 2.05) is 30.3 Å². The van der Waals surface area contributed by atoms with Gasteiger partial charge in [-0.05, 0) is 29.3 Å². The van der Waals surface area contributed by atoms with E-state index in [0.29, 0.717) is 0 Å². The zero-order valence-electron chi connectivity index (χ0n) is 17.3. The number of imide groups is 1. The predicted molar refractivity (Wildman–Crippen MR) is 120 cm³/mol. The molecule has 4 rings (SSSR count). The molecule has 8 nitrogen and oxygen atoms in total. The van der Waals surface area contributed by atoms with Crippen LogP contribution in [0.5, 0.6) is 0 Å². The van der Waals surface area contributed by atoms with E-state index in [1.165, 1.54) is 17.0 Å². The van der Waals surface area contributed by atoms with Crippen LogP contribution in [-0.2, 0) is 11.2 Å². The number of fused-ring (bicyclic) bond motifs is 1. The van der Waals surface area contributed by atoms with Gasteiger partial charge in [0.25, 0.3) is 17.7 Å². The molecule has 3 amide bonds. The number of carbonyl (C=O) groups excluding carboxylic acids is 3. The molecule has 0 aliphatic carbocycles. The fraction of sp³-hybridized carbons (Fsp3) is 0.125. The molecule has 0 radical (unpaired) electrons. The van der Waals surface area contributed by atoms with E-state index in [4.69, 9.17) is 5.53 Å². The Morgan fingerprint density at radius 3 is 2.38 bits per heavy atom. The number of anilines is 1. The summed E-state index contributed by atoms with van der Waals surface area (Å²) in [5, 5.41) is 3.59. The van der Waals surface area contributed by atoms with Crippen LogP contribution >= 0.6 is 0 Å². The number of amides is 3. The average molecular weight is 425 g/mol. The molecule has 1 atom stereocenters. The number of nitrogens with zero attached hydrogens (tertiary/aromatic N) is 5. The maximum absolute atomic E-state index is 13.8. The van der Waals surface area contributed by atoms with Crippen LogP contribution in [0.4, 0.5) is 11.4 Å². The Hall–Kier alpha value is -4.42. The Morgan fingerprint density at radius 2 is 1.62 bits per heavy atom. The second-order valence-corrected chi connectivity index (χ2v) is 7.32. The van der Waals surface area contributed by atoms with Gasteiger partial charge in [0.05, 0.1) is 16.9 Å². The van der Waals surface area contributed by atoms with Gasteiger partial charge in [0.1, 0.15) is 6.04 Å². The van der Waals surface area contributed by atoms with Crippen LogP contribution in [0.3, 0.4) is 0 Å². The second kappa shape index (κ2) is 8.75. The van der Waals surface area contributed by atoms with Crippen molar-refractivity contribution in [1.29, 1.82) is 0 Å². The van der Waals surface area contributed by atoms with Gasteiger partial charge in [-0.2, -0.15) is 0 Å². The third-order valence-electron chi connectivity index (χ3n) is 5.43. The molecule has 0 N–H and O–H groups in total. The molecule has 0 fully saturated rings. The first kappa shape index (κ1) is 20.8. The maximum atomic E-state index is 13.8. The maximum Gasteiger partial charge on any atom is 0.265 e. The molecule has 32 heavy (non-hydrogen) atoms. The Balaban J connectivity index is 1.86. The molecule has 0 unspecified atom stereocenters. The number of para-hydroxylation sites is 1. The molecule has 0 aromatic heterocycles. The molecule has 1 aliphatic heterocycles. The number of likely N-dealkylation sites (N-methyl/N-ethyl adjacent to an activating group) is 1. The van der Waals surface area contributed by atoms with Crippen LogP contribution in [0.15, 0.2) is 84.0 Å². The molecule has 3 aromatic rings. The standard InChI is InChI=1S/C24H19N5O3/c1-28-21(15-16-9-3-2-4-10-16)24(32)29(20-14-8-6-12-18(20)22(28)30)23(31)17-11-5-7-13-19(17)26-27-25/h2-14,21H,15H2,1H3/t21-/m0/s1. The molecule has 0 spiro atoms. The van der Waals surface area contributed by atoms with Gasteiger partial charge in [-0.25, -0.2) is 4.90 Å². The highest BCUT2D eigenvalue weighted by Gasteiger charge is 2.41. The largest absolute Gasteiger partial charge is 0.329 e. The third-order valence-corrected chi connectivity index (χ3v) is 5.43. The zero-order valence-corrected chi connectivity index (χ0v) is 17.3. The summed E-state index contributed by atoms with van der Waals surface area (Å²) in [6.07, 6.45) is 0.248. The Kier molecular flexibility index (Phi) is 5.70. The van der Waals surface area contributed by atoms with Crippen molar-refractivity contribution in [3.05, 3.63) is 106 Å². The van der Waals surface area contributed by atoms with Gasteiger partial charge in [-0.1, -0.05) is 65.8 Å². The van der Waals surface area contributed by atoms with Crippen LogP contribution in [0.1, 0.15) is 26.3 Å². The lowest BCUT2D eigenvalue weighted by Crippen LogP contribution is -2.49. The third kappa shape index (κ3) is 3.71. The molecule has 0 bridgehead atoms. The van der Waals surface area contributed by atoms with Crippen LogP contribution < -0.4 is 4.90 Å². The Morgan fingerprint density at radius 1 is 0.969 bits per heavy atom. The van der Waals surface area contributed by atoms with Crippen molar-refractivity contribution in [1.82, 2.24) is 4.90 Å². The predicted octanol–water partition coefficient (Wildman–Crippen LogP) is 4.50. The summed E-state index contributed by atoms with van der Waals surface area (Å²) in [6.45, 7) is 0. The molecule has 1 aliphatic rings. The molecule has 8 heteroatoms. The lowest BCUT2D eigenvalue weighted by Gasteiger charge is -2.28. The molecule has 1 heterocycles. The number of azide groups is 1. The van der Waals surface area contributed by atoms with E-state index in [9.17, 15) is 14.4 Å². The fourth-order valence-electron chi connectivity index (χ4n) is 3.80. The minimum Gasteiger partial charge on any atom is -0.329 e. The van der Waals surface area contributed by atoms with Gasteiger partial charge in [-0.3, -0.25) is 14.4 Å².